The molecule has 1 N–H and O–H groups in total. The Bertz CT molecular complexity index is 1050. The van der Waals surface area contributed by atoms with Gasteiger partial charge in [-0.25, -0.2) is 4.98 Å². The van der Waals surface area contributed by atoms with Crippen molar-refractivity contribution < 1.29 is 9.53 Å². The fourth-order valence-corrected chi connectivity index (χ4v) is 3.93. The van der Waals surface area contributed by atoms with Crippen LogP contribution < -0.4 is 10.3 Å². The largest absolute Gasteiger partial charge is 0.497 e. The number of aromatic amines is 1. The predicted molar refractivity (Wildman–Crippen MR) is 119 cm³/mol. The van der Waals surface area contributed by atoms with E-state index < -0.39 is 0 Å². The van der Waals surface area contributed by atoms with Crippen LogP contribution in [-0.4, -0.2) is 28.6 Å². The van der Waals surface area contributed by atoms with Gasteiger partial charge in [0.25, 0.3) is 5.56 Å². The van der Waals surface area contributed by atoms with E-state index in [0.717, 1.165) is 15.7 Å². The first-order chi connectivity index (χ1) is 14.0. The lowest BCUT2D eigenvalue weighted by Gasteiger charge is -2.09. The van der Waals surface area contributed by atoms with Crippen LogP contribution in [0.3, 0.4) is 0 Å². The Kier molecular flexibility index (Phi) is 7.28. The molecule has 3 rings (SSSR count). The number of methoxy groups -OCH3 is 1. The third-order valence-electron chi connectivity index (χ3n) is 4.47. The van der Waals surface area contributed by atoms with Crippen LogP contribution in [-0.2, 0) is 12.8 Å². The number of nitrogens with zero attached hydrogens (tertiary/aromatic N) is 1. The third-order valence-corrected chi connectivity index (χ3v) is 5.87. The maximum absolute atomic E-state index is 12.5. The van der Waals surface area contributed by atoms with Crippen LogP contribution in [0.5, 0.6) is 5.75 Å². The smallest absolute Gasteiger partial charge is 0.254 e. The van der Waals surface area contributed by atoms with Crippen molar-refractivity contribution in [2.24, 2.45) is 0 Å². The Labute approximate surface area is 182 Å². The number of carbonyl (C=O) groups excluding carboxylic acids is 1. The summed E-state index contributed by atoms with van der Waals surface area (Å²) < 4.78 is 6.12. The van der Waals surface area contributed by atoms with E-state index in [1.807, 2.05) is 31.2 Å². The second-order valence-corrected chi connectivity index (χ2v) is 8.27. The molecule has 3 aromatic rings. The van der Waals surface area contributed by atoms with Crippen LogP contribution >= 0.6 is 27.7 Å². The van der Waals surface area contributed by atoms with Crippen molar-refractivity contribution in [3.8, 4) is 5.75 Å². The van der Waals surface area contributed by atoms with E-state index in [2.05, 4.69) is 25.9 Å². The van der Waals surface area contributed by atoms with Gasteiger partial charge < -0.3 is 9.72 Å². The molecule has 0 bridgehead atoms. The highest BCUT2D eigenvalue weighted by Gasteiger charge is 2.13. The van der Waals surface area contributed by atoms with E-state index in [1.165, 1.54) is 11.8 Å². The molecule has 2 aromatic carbocycles. The highest BCUT2D eigenvalue weighted by Crippen LogP contribution is 2.19. The van der Waals surface area contributed by atoms with Crippen molar-refractivity contribution in [3.05, 3.63) is 85.7 Å². The highest BCUT2D eigenvalue weighted by atomic mass is 79.9. The van der Waals surface area contributed by atoms with Crippen LogP contribution in [0.2, 0.25) is 0 Å². The number of ketones is 1. The van der Waals surface area contributed by atoms with Gasteiger partial charge >= 0.3 is 0 Å². The van der Waals surface area contributed by atoms with E-state index in [1.54, 1.807) is 31.4 Å². The molecule has 0 unspecified atom stereocenters. The Balaban J connectivity index is 1.76. The number of nitrogens with one attached hydrogen (secondary N) is 1. The summed E-state index contributed by atoms with van der Waals surface area (Å²) in [6.45, 7) is 1.94. The fraction of sp³-hybridized carbons (Fsp3) is 0.227. The van der Waals surface area contributed by atoms with Crippen molar-refractivity contribution in [2.75, 3.05) is 12.9 Å². The van der Waals surface area contributed by atoms with E-state index in [4.69, 9.17) is 4.74 Å². The molecule has 0 aliphatic heterocycles. The number of carbonyl (C=O) groups is 1. The molecule has 0 amide bonds. The Morgan fingerprint density at radius 3 is 2.45 bits per heavy atom. The van der Waals surface area contributed by atoms with Crippen molar-refractivity contribution in [1.29, 1.82) is 0 Å². The molecular formula is C22H21BrN2O3S. The molecule has 1 heterocycles. The minimum atomic E-state index is -0.144. The zero-order chi connectivity index (χ0) is 20.8. The molecule has 0 atom stereocenters. The van der Waals surface area contributed by atoms with E-state index in [-0.39, 0.29) is 17.1 Å². The molecule has 1 aromatic heterocycles. The SMILES string of the molecule is CCc1c(Cc2ccc(Br)cc2)nc(SCC(=O)c2ccc(OC)cc2)[nH]c1=O. The van der Waals surface area contributed by atoms with Crippen molar-refractivity contribution >= 4 is 33.5 Å². The molecule has 7 heteroatoms. The summed E-state index contributed by atoms with van der Waals surface area (Å²) in [5, 5.41) is 0.459. The van der Waals surface area contributed by atoms with Gasteiger partial charge in [-0.05, 0) is 48.4 Å². The lowest BCUT2D eigenvalue weighted by atomic mass is 10.0. The molecule has 0 aliphatic carbocycles. The number of H-pyrrole nitrogens is 1. The van der Waals surface area contributed by atoms with Gasteiger partial charge in [0.15, 0.2) is 10.9 Å². The first kappa shape index (κ1) is 21.3. The zero-order valence-corrected chi connectivity index (χ0v) is 18.6. The van der Waals surface area contributed by atoms with Crippen LogP contribution in [0.4, 0.5) is 0 Å². The molecule has 150 valence electrons. The lowest BCUT2D eigenvalue weighted by Crippen LogP contribution is -2.19. The van der Waals surface area contributed by atoms with E-state index >= 15 is 0 Å². The Morgan fingerprint density at radius 2 is 1.83 bits per heavy atom. The maximum atomic E-state index is 12.5. The molecule has 29 heavy (non-hydrogen) atoms. The highest BCUT2D eigenvalue weighted by molar-refractivity contribution is 9.10. The van der Waals surface area contributed by atoms with Crippen molar-refractivity contribution in [2.45, 2.75) is 24.9 Å². The first-order valence-corrected chi connectivity index (χ1v) is 10.9. The van der Waals surface area contributed by atoms with Gasteiger partial charge in [-0.1, -0.05) is 46.7 Å². The van der Waals surface area contributed by atoms with E-state index in [0.29, 0.717) is 34.9 Å². The molecule has 0 radical (unpaired) electrons. The standard InChI is InChI=1S/C22H21BrN2O3S/c1-3-18-19(12-14-4-8-16(23)9-5-14)24-22(25-21(18)27)29-13-20(26)15-6-10-17(28-2)11-7-15/h4-11H,3,12-13H2,1-2H3,(H,24,25,27). The third kappa shape index (κ3) is 5.58. The van der Waals surface area contributed by atoms with Gasteiger partial charge in [0.2, 0.25) is 0 Å². The summed E-state index contributed by atoms with van der Waals surface area (Å²) in [6, 6.07) is 14.9. The van der Waals surface area contributed by atoms with Crippen LogP contribution in [0.25, 0.3) is 0 Å². The van der Waals surface area contributed by atoms with Crippen molar-refractivity contribution in [1.82, 2.24) is 9.97 Å². The Morgan fingerprint density at radius 1 is 1.14 bits per heavy atom. The molecule has 0 saturated heterocycles. The fourth-order valence-electron chi connectivity index (χ4n) is 2.89. The molecular weight excluding hydrogens is 452 g/mol. The average molecular weight is 473 g/mol. The monoisotopic (exact) mass is 472 g/mol. The predicted octanol–water partition coefficient (Wildman–Crippen LogP) is 4.67. The topological polar surface area (TPSA) is 72.0 Å². The average Bonchev–Trinajstić information content (AvgIpc) is 2.73. The molecule has 0 spiro atoms. The van der Waals surface area contributed by atoms with Gasteiger partial charge in [-0.3, -0.25) is 9.59 Å². The normalized spacial score (nSPS) is 10.7. The van der Waals surface area contributed by atoms with Gasteiger partial charge in [0.05, 0.1) is 18.6 Å². The van der Waals surface area contributed by atoms with Gasteiger partial charge in [0.1, 0.15) is 5.75 Å². The molecule has 0 fully saturated rings. The molecule has 0 saturated carbocycles. The van der Waals surface area contributed by atoms with Crippen LogP contribution in [0.15, 0.2) is 63.0 Å². The number of thioether (sulfide) groups is 1. The number of halogens is 1. The Hall–Kier alpha value is -2.38. The second-order valence-electron chi connectivity index (χ2n) is 6.39. The molecule has 0 aliphatic rings. The summed E-state index contributed by atoms with van der Waals surface area (Å²) in [5.41, 5.74) is 2.96. The zero-order valence-electron chi connectivity index (χ0n) is 16.2. The number of benzene rings is 2. The maximum Gasteiger partial charge on any atom is 0.254 e. The van der Waals surface area contributed by atoms with Gasteiger partial charge in [0, 0.05) is 22.0 Å². The summed E-state index contributed by atoms with van der Waals surface area (Å²) in [6.07, 6.45) is 1.17. The first-order valence-electron chi connectivity index (χ1n) is 9.16. The number of rotatable bonds is 8. The quantitative estimate of drug-likeness (QED) is 0.293. The van der Waals surface area contributed by atoms with Crippen LogP contribution in [0, 0.1) is 0 Å². The number of aromatic nitrogens is 2. The minimum Gasteiger partial charge on any atom is -0.497 e. The summed E-state index contributed by atoms with van der Waals surface area (Å²) >= 11 is 4.67. The molecule has 5 nitrogen and oxygen atoms in total. The van der Waals surface area contributed by atoms with Gasteiger partial charge in [-0.15, -0.1) is 0 Å². The lowest BCUT2D eigenvalue weighted by molar-refractivity contribution is 0.102. The minimum absolute atomic E-state index is 0.0330. The van der Waals surface area contributed by atoms with Crippen LogP contribution in [0.1, 0.15) is 34.1 Å². The summed E-state index contributed by atoms with van der Waals surface area (Å²) in [4.78, 5) is 32.4. The van der Waals surface area contributed by atoms with E-state index in [9.17, 15) is 9.59 Å². The second kappa shape index (κ2) is 9.89. The number of hydrogen-bond acceptors (Lipinski definition) is 5. The van der Waals surface area contributed by atoms with Gasteiger partial charge in [-0.2, -0.15) is 0 Å². The van der Waals surface area contributed by atoms with Crippen molar-refractivity contribution in [3.63, 3.8) is 0 Å². The number of ether oxygens (including phenoxy) is 1. The number of Topliss-reactive ketones (excluding diaryl/α,β-unsaturated/α-hetero) is 1. The summed E-state index contributed by atoms with van der Waals surface area (Å²) in [5.74, 6) is 0.862. The summed E-state index contributed by atoms with van der Waals surface area (Å²) in [7, 11) is 1.58. The number of hydrogen-bond donors (Lipinski definition) is 1.